The molecule has 1 N–H and O–H groups in total. The van der Waals surface area contributed by atoms with Crippen molar-refractivity contribution in [2.45, 2.75) is 11.5 Å². The number of rotatable bonds is 2. The maximum atomic E-state index is 5.94. The third-order valence-corrected chi connectivity index (χ3v) is 4.17. The molecule has 1 unspecified atom stereocenters. The Balaban J connectivity index is 1.74. The van der Waals surface area contributed by atoms with E-state index in [0.29, 0.717) is 13.2 Å². The van der Waals surface area contributed by atoms with Crippen molar-refractivity contribution in [3.63, 3.8) is 0 Å². The van der Waals surface area contributed by atoms with Crippen molar-refractivity contribution in [2.75, 3.05) is 32.9 Å². The molecule has 2 aliphatic heterocycles. The van der Waals surface area contributed by atoms with Gasteiger partial charge in [0.25, 0.3) is 0 Å². The lowest BCUT2D eigenvalue weighted by Gasteiger charge is -2.48. The number of nitrogens with one attached hydrogen (secondary N) is 1. The lowest BCUT2D eigenvalue weighted by atomic mass is 9.73. The summed E-state index contributed by atoms with van der Waals surface area (Å²) in [5.74, 6) is 0. The van der Waals surface area contributed by atoms with Gasteiger partial charge in [0, 0.05) is 13.1 Å². The Kier molecular flexibility index (Phi) is 2.58. The Hall–Kier alpha value is -1.43. The van der Waals surface area contributed by atoms with E-state index in [4.69, 9.17) is 13.9 Å². The largest absolute Gasteiger partial charge is 0.443 e. The number of fused-ring (bicyclic) bond motifs is 1. The predicted octanol–water partition coefficient (Wildman–Crippen LogP) is 1.08. The van der Waals surface area contributed by atoms with Crippen molar-refractivity contribution < 1.29 is 13.9 Å². The first-order valence-corrected chi connectivity index (χ1v) is 6.62. The molecule has 2 fully saturated rings. The quantitative estimate of drug-likeness (QED) is 0.875. The van der Waals surface area contributed by atoms with E-state index in [1.54, 1.807) is 0 Å². The van der Waals surface area contributed by atoms with Gasteiger partial charge in [-0.1, -0.05) is 6.07 Å². The molecule has 2 aromatic rings. The molecule has 0 spiro atoms. The molecule has 100 valence electrons. The smallest absolute Gasteiger partial charge is 0.181 e. The Morgan fingerprint density at radius 1 is 1.32 bits per heavy atom. The van der Waals surface area contributed by atoms with Crippen LogP contribution in [-0.4, -0.2) is 44.0 Å². The Morgan fingerprint density at radius 3 is 3.00 bits per heavy atom. The second-order valence-electron chi connectivity index (χ2n) is 5.25. The third kappa shape index (κ3) is 1.69. The summed E-state index contributed by atoms with van der Waals surface area (Å²) in [6.07, 6.45) is 1.65. The van der Waals surface area contributed by atoms with Crippen LogP contribution in [-0.2, 0) is 14.9 Å². The summed E-state index contributed by atoms with van der Waals surface area (Å²) >= 11 is 0. The van der Waals surface area contributed by atoms with Gasteiger partial charge in [-0.25, -0.2) is 4.98 Å². The van der Waals surface area contributed by atoms with Crippen LogP contribution in [0.2, 0.25) is 0 Å². The highest BCUT2D eigenvalue weighted by atomic mass is 16.5. The molecular formula is C14H16N2O3. The summed E-state index contributed by atoms with van der Waals surface area (Å²) in [5.41, 5.74) is 2.89. The van der Waals surface area contributed by atoms with Crippen LogP contribution in [0, 0.1) is 0 Å². The lowest BCUT2D eigenvalue weighted by Crippen LogP contribution is -2.61. The van der Waals surface area contributed by atoms with E-state index in [2.05, 4.69) is 22.4 Å². The van der Waals surface area contributed by atoms with Gasteiger partial charge in [-0.3, -0.25) is 0 Å². The number of benzene rings is 1. The molecule has 5 heteroatoms. The minimum atomic E-state index is -0.0472. The Labute approximate surface area is 110 Å². The van der Waals surface area contributed by atoms with Gasteiger partial charge in [0.1, 0.15) is 5.52 Å². The summed E-state index contributed by atoms with van der Waals surface area (Å²) in [6, 6.07) is 6.19. The summed E-state index contributed by atoms with van der Waals surface area (Å²) in [7, 11) is 0. The molecular weight excluding hydrogens is 244 g/mol. The van der Waals surface area contributed by atoms with Crippen LogP contribution in [0.1, 0.15) is 5.56 Å². The summed E-state index contributed by atoms with van der Waals surface area (Å²) in [5, 5.41) is 3.39. The Bertz CT molecular complexity index is 585. The molecule has 4 rings (SSSR count). The van der Waals surface area contributed by atoms with Gasteiger partial charge in [0.15, 0.2) is 12.0 Å². The van der Waals surface area contributed by atoms with Crippen molar-refractivity contribution in [1.82, 2.24) is 10.3 Å². The molecule has 0 aliphatic carbocycles. The first kappa shape index (κ1) is 11.4. The predicted molar refractivity (Wildman–Crippen MR) is 69.1 cm³/mol. The maximum absolute atomic E-state index is 5.94. The van der Waals surface area contributed by atoms with Gasteiger partial charge in [-0.15, -0.1) is 0 Å². The number of aromatic nitrogens is 1. The van der Waals surface area contributed by atoms with Gasteiger partial charge in [0.05, 0.1) is 31.3 Å². The maximum Gasteiger partial charge on any atom is 0.181 e. The van der Waals surface area contributed by atoms with Crippen LogP contribution in [0.3, 0.4) is 0 Å². The summed E-state index contributed by atoms with van der Waals surface area (Å²) in [4.78, 5) is 4.16. The Morgan fingerprint density at radius 2 is 2.26 bits per heavy atom. The van der Waals surface area contributed by atoms with Gasteiger partial charge in [-0.05, 0) is 17.7 Å². The highest BCUT2D eigenvalue weighted by molar-refractivity contribution is 5.73. The number of hydrogen-bond donors (Lipinski definition) is 1. The lowest BCUT2D eigenvalue weighted by molar-refractivity contribution is -0.146. The second-order valence-corrected chi connectivity index (χ2v) is 5.25. The number of morpholine rings is 1. The number of oxazole rings is 1. The first-order chi connectivity index (χ1) is 9.38. The van der Waals surface area contributed by atoms with Crippen LogP contribution in [0.5, 0.6) is 0 Å². The molecule has 3 heterocycles. The topological polar surface area (TPSA) is 56.5 Å². The molecule has 19 heavy (non-hydrogen) atoms. The SMILES string of the molecule is c1nc2ccc(C3(C4CNCCO4)COC3)cc2o1. The van der Waals surface area contributed by atoms with Gasteiger partial charge >= 0.3 is 0 Å². The average molecular weight is 260 g/mol. The number of nitrogens with zero attached hydrogens (tertiary/aromatic N) is 1. The van der Waals surface area contributed by atoms with E-state index in [9.17, 15) is 0 Å². The molecule has 2 aliphatic rings. The standard InChI is InChI=1S/C14H16N2O3/c1-2-11-12(19-9-16-11)5-10(1)14(7-17-8-14)13-6-15-3-4-18-13/h1-2,5,9,13,15H,3-4,6-8H2. The minimum absolute atomic E-state index is 0.0472. The fourth-order valence-corrected chi connectivity index (χ4v) is 2.95. The van der Waals surface area contributed by atoms with Crippen LogP contribution >= 0.6 is 0 Å². The van der Waals surface area contributed by atoms with E-state index in [-0.39, 0.29) is 11.5 Å². The van der Waals surface area contributed by atoms with E-state index in [1.165, 1.54) is 12.0 Å². The minimum Gasteiger partial charge on any atom is -0.443 e. The molecule has 0 radical (unpaired) electrons. The average Bonchev–Trinajstić information content (AvgIpc) is 2.86. The van der Waals surface area contributed by atoms with Crippen molar-refractivity contribution in [3.05, 3.63) is 30.2 Å². The van der Waals surface area contributed by atoms with Crippen LogP contribution in [0.15, 0.2) is 29.0 Å². The fraction of sp³-hybridized carbons (Fsp3) is 0.500. The fourth-order valence-electron chi connectivity index (χ4n) is 2.95. The molecule has 1 aromatic carbocycles. The molecule has 0 saturated carbocycles. The van der Waals surface area contributed by atoms with E-state index >= 15 is 0 Å². The van der Waals surface area contributed by atoms with E-state index in [1.807, 2.05) is 6.07 Å². The van der Waals surface area contributed by atoms with E-state index < -0.39 is 0 Å². The van der Waals surface area contributed by atoms with Crippen LogP contribution in [0.4, 0.5) is 0 Å². The van der Waals surface area contributed by atoms with Gasteiger partial charge in [0.2, 0.25) is 0 Å². The van der Waals surface area contributed by atoms with Crippen molar-refractivity contribution in [3.8, 4) is 0 Å². The van der Waals surface area contributed by atoms with Gasteiger partial charge in [-0.2, -0.15) is 0 Å². The molecule has 5 nitrogen and oxygen atoms in total. The van der Waals surface area contributed by atoms with Crippen molar-refractivity contribution in [1.29, 1.82) is 0 Å². The van der Waals surface area contributed by atoms with Gasteiger partial charge < -0.3 is 19.2 Å². The van der Waals surface area contributed by atoms with Crippen molar-refractivity contribution >= 4 is 11.1 Å². The van der Waals surface area contributed by atoms with Crippen LogP contribution in [0.25, 0.3) is 11.1 Å². The molecule has 0 amide bonds. The monoisotopic (exact) mass is 260 g/mol. The molecule has 1 atom stereocenters. The third-order valence-electron chi connectivity index (χ3n) is 4.17. The number of hydrogen-bond acceptors (Lipinski definition) is 5. The molecule has 2 saturated heterocycles. The van der Waals surface area contributed by atoms with Crippen LogP contribution < -0.4 is 5.32 Å². The second kappa shape index (κ2) is 4.30. The number of ether oxygens (including phenoxy) is 2. The summed E-state index contributed by atoms with van der Waals surface area (Å²) in [6.45, 7) is 3.97. The summed E-state index contributed by atoms with van der Waals surface area (Å²) < 4.78 is 16.8. The first-order valence-electron chi connectivity index (χ1n) is 6.62. The highest BCUT2D eigenvalue weighted by Crippen LogP contribution is 2.38. The highest BCUT2D eigenvalue weighted by Gasteiger charge is 2.48. The molecule has 1 aromatic heterocycles. The zero-order chi connectivity index (χ0) is 12.7. The van der Waals surface area contributed by atoms with Crippen molar-refractivity contribution in [2.24, 2.45) is 0 Å². The molecule has 0 bridgehead atoms. The normalized spacial score (nSPS) is 26.2. The van der Waals surface area contributed by atoms with E-state index in [0.717, 1.165) is 30.8 Å². The zero-order valence-corrected chi connectivity index (χ0v) is 10.6. The zero-order valence-electron chi connectivity index (χ0n) is 10.6.